The largest absolute Gasteiger partial charge is 0.480 e. The zero-order valence-corrected chi connectivity index (χ0v) is 14.7. The molecule has 25 heavy (non-hydrogen) atoms. The first kappa shape index (κ1) is 17.4. The second kappa shape index (κ2) is 7.67. The zero-order valence-electron chi connectivity index (χ0n) is 14.7. The Morgan fingerprint density at radius 2 is 1.76 bits per heavy atom. The number of nitrogens with zero attached hydrogens (tertiary/aromatic N) is 4. The van der Waals surface area contributed by atoms with E-state index in [0.717, 1.165) is 19.3 Å². The molecule has 0 bridgehead atoms. The molecule has 2 aliphatic rings. The molecule has 1 atom stereocenters. The molecule has 8 nitrogen and oxygen atoms in total. The van der Waals surface area contributed by atoms with E-state index in [1.165, 1.54) is 13.3 Å². The molecule has 1 unspecified atom stereocenters. The third kappa shape index (κ3) is 4.18. The predicted molar refractivity (Wildman–Crippen MR) is 89.2 cm³/mol. The molecule has 2 saturated heterocycles. The van der Waals surface area contributed by atoms with Crippen LogP contribution in [0.2, 0.25) is 0 Å². The predicted octanol–water partition coefficient (Wildman–Crippen LogP) is 0.723. The summed E-state index contributed by atoms with van der Waals surface area (Å²) in [6.07, 6.45) is 5.23. The molecule has 3 rings (SSSR count). The van der Waals surface area contributed by atoms with Crippen LogP contribution in [-0.2, 0) is 9.59 Å². The molecule has 2 fully saturated rings. The van der Waals surface area contributed by atoms with E-state index in [1.807, 2.05) is 4.90 Å². The minimum Gasteiger partial charge on any atom is -0.480 e. The number of likely N-dealkylation sites (tertiary alicyclic amines) is 2. The molecule has 0 aromatic carbocycles. The molecular formula is C17H24N4O4. The summed E-state index contributed by atoms with van der Waals surface area (Å²) in [5.41, 5.74) is 0. The van der Waals surface area contributed by atoms with Crippen LogP contribution in [0.4, 0.5) is 0 Å². The van der Waals surface area contributed by atoms with Gasteiger partial charge in [-0.25, -0.2) is 0 Å². The van der Waals surface area contributed by atoms with Crippen molar-refractivity contribution in [3.8, 4) is 11.8 Å². The van der Waals surface area contributed by atoms with Crippen molar-refractivity contribution in [2.24, 2.45) is 5.92 Å². The van der Waals surface area contributed by atoms with Crippen molar-refractivity contribution in [3.63, 3.8) is 0 Å². The van der Waals surface area contributed by atoms with E-state index in [1.54, 1.807) is 18.0 Å². The second-order valence-corrected chi connectivity index (χ2v) is 6.49. The molecule has 2 aliphatic heterocycles. The highest BCUT2D eigenvalue weighted by Gasteiger charge is 2.34. The standard InChI is InChI=1S/C17H24N4O4/c1-12(22)20-6-3-13(4-7-20)17(23)21-8-5-14(11-21)25-16-10-18-9-15(19-16)24-2/h9-10,13-14H,3-8,11H2,1-2H3. The number of rotatable bonds is 4. The minimum atomic E-state index is -0.0809. The van der Waals surface area contributed by atoms with Crippen molar-refractivity contribution in [1.29, 1.82) is 0 Å². The fourth-order valence-corrected chi connectivity index (χ4v) is 3.38. The molecule has 1 aromatic rings. The van der Waals surface area contributed by atoms with Crippen LogP contribution in [0, 0.1) is 5.92 Å². The van der Waals surface area contributed by atoms with Gasteiger partial charge in [-0.1, -0.05) is 0 Å². The van der Waals surface area contributed by atoms with Crippen LogP contribution in [0.1, 0.15) is 26.2 Å². The van der Waals surface area contributed by atoms with Crippen LogP contribution in [0.25, 0.3) is 0 Å². The first-order chi connectivity index (χ1) is 12.1. The molecule has 0 radical (unpaired) electrons. The van der Waals surface area contributed by atoms with E-state index in [0.29, 0.717) is 37.9 Å². The first-order valence-electron chi connectivity index (χ1n) is 8.64. The van der Waals surface area contributed by atoms with Crippen molar-refractivity contribution >= 4 is 11.8 Å². The molecule has 0 spiro atoms. The number of carbonyl (C=O) groups is 2. The molecule has 0 N–H and O–H groups in total. The Balaban J connectivity index is 1.50. The van der Waals surface area contributed by atoms with Gasteiger partial charge in [0.05, 0.1) is 26.0 Å². The molecular weight excluding hydrogens is 324 g/mol. The van der Waals surface area contributed by atoms with E-state index in [9.17, 15) is 9.59 Å². The van der Waals surface area contributed by atoms with E-state index in [2.05, 4.69) is 9.97 Å². The van der Waals surface area contributed by atoms with Gasteiger partial charge in [-0.05, 0) is 12.8 Å². The van der Waals surface area contributed by atoms with Crippen molar-refractivity contribution in [2.45, 2.75) is 32.3 Å². The zero-order chi connectivity index (χ0) is 17.8. The molecule has 1 aromatic heterocycles. The van der Waals surface area contributed by atoms with Crippen molar-refractivity contribution in [1.82, 2.24) is 19.8 Å². The van der Waals surface area contributed by atoms with Crippen LogP contribution in [0.5, 0.6) is 11.8 Å². The number of hydrogen-bond donors (Lipinski definition) is 0. The van der Waals surface area contributed by atoms with Gasteiger partial charge >= 0.3 is 0 Å². The van der Waals surface area contributed by atoms with Gasteiger partial charge in [0, 0.05) is 38.9 Å². The SMILES string of the molecule is COc1cncc(OC2CCN(C(=O)C3CCN(C(C)=O)CC3)C2)n1. The molecule has 0 aliphatic carbocycles. The summed E-state index contributed by atoms with van der Waals surface area (Å²) in [5.74, 6) is 1.07. The quantitative estimate of drug-likeness (QED) is 0.797. The van der Waals surface area contributed by atoms with Crippen LogP contribution in [-0.4, -0.2) is 71.0 Å². The molecule has 8 heteroatoms. The number of methoxy groups -OCH3 is 1. The van der Waals surface area contributed by atoms with E-state index >= 15 is 0 Å². The number of carbonyl (C=O) groups excluding carboxylic acids is 2. The summed E-state index contributed by atoms with van der Waals surface area (Å²) >= 11 is 0. The lowest BCUT2D eigenvalue weighted by atomic mass is 9.95. The summed E-state index contributed by atoms with van der Waals surface area (Å²) in [4.78, 5) is 36.0. The Morgan fingerprint density at radius 1 is 1.08 bits per heavy atom. The van der Waals surface area contributed by atoms with Crippen LogP contribution in [0.3, 0.4) is 0 Å². The number of ether oxygens (including phenoxy) is 2. The van der Waals surface area contributed by atoms with Crippen LogP contribution < -0.4 is 9.47 Å². The lowest BCUT2D eigenvalue weighted by Crippen LogP contribution is -2.43. The lowest BCUT2D eigenvalue weighted by molar-refractivity contribution is -0.139. The summed E-state index contributed by atoms with van der Waals surface area (Å²) in [6.45, 7) is 4.16. The van der Waals surface area contributed by atoms with Gasteiger partial charge in [-0.2, -0.15) is 4.98 Å². The minimum absolute atomic E-state index is 0.00552. The fraction of sp³-hybridized carbons (Fsp3) is 0.647. The second-order valence-electron chi connectivity index (χ2n) is 6.49. The third-order valence-corrected chi connectivity index (χ3v) is 4.83. The van der Waals surface area contributed by atoms with E-state index in [4.69, 9.17) is 9.47 Å². The smallest absolute Gasteiger partial charge is 0.235 e. The number of aromatic nitrogens is 2. The van der Waals surface area contributed by atoms with Gasteiger partial charge in [-0.15, -0.1) is 0 Å². The van der Waals surface area contributed by atoms with Gasteiger partial charge in [0.15, 0.2) is 0 Å². The number of hydrogen-bond acceptors (Lipinski definition) is 6. The Labute approximate surface area is 147 Å². The van der Waals surface area contributed by atoms with Crippen molar-refractivity contribution < 1.29 is 19.1 Å². The highest BCUT2D eigenvalue weighted by Crippen LogP contribution is 2.24. The molecule has 2 amide bonds. The summed E-state index contributed by atoms with van der Waals surface area (Å²) in [5, 5.41) is 0. The molecule has 0 saturated carbocycles. The highest BCUT2D eigenvalue weighted by atomic mass is 16.5. The van der Waals surface area contributed by atoms with E-state index < -0.39 is 0 Å². The average Bonchev–Trinajstić information content (AvgIpc) is 3.09. The Hall–Kier alpha value is -2.38. The van der Waals surface area contributed by atoms with Gasteiger partial charge < -0.3 is 19.3 Å². The number of piperidine rings is 1. The maximum absolute atomic E-state index is 12.7. The molecule has 3 heterocycles. The maximum atomic E-state index is 12.7. The van der Waals surface area contributed by atoms with Gasteiger partial charge in [0.25, 0.3) is 0 Å². The van der Waals surface area contributed by atoms with Gasteiger partial charge in [-0.3, -0.25) is 14.6 Å². The normalized spacial score (nSPS) is 21.3. The van der Waals surface area contributed by atoms with Crippen LogP contribution in [0.15, 0.2) is 12.4 Å². The topological polar surface area (TPSA) is 84.9 Å². The summed E-state index contributed by atoms with van der Waals surface area (Å²) < 4.78 is 10.9. The monoisotopic (exact) mass is 348 g/mol. The Morgan fingerprint density at radius 3 is 2.44 bits per heavy atom. The van der Waals surface area contributed by atoms with Gasteiger partial charge in [0.1, 0.15) is 6.10 Å². The van der Waals surface area contributed by atoms with Crippen molar-refractivity contribution in [3.05, 3.63) is 12.4 Å². The summed E-state index contributed by atoms with van der Waals surface area (Å²) in [7, 11) is 1.53. The maximum Gasteiger partial charge on any atom is 0.235 e. The lowest BCUT2D eigenvalue weighted by Gasteiger charge is -2.32. The summed E-state index contributed by atoms with van der Waals surface area (Å²) in [6, 6.07) is 0. The highest BCUT2D eigenvalue weighted by molar-refractivity contribution is 5.80. The average molecular weight is 348 g/mol. The fourth-order valence-electron chi connectivity index (χ4n) is 3.38. The van der Waals surface area contributed by atoms with Crippen LogP contribution >= 0.6 is 0 Å². The first-order valence-corrected chi connectivity index (χ1v) is 8.64. The van der Waals surface area contributed by atoms with Crippen molar-refractivity contribution in [2.75, 3.05) is 33.3 Å². The molecule has 136 valence electrons. The Kier molecular flexibility index (Phi) is 5.35. The third-order valence-electron chi connectivity index (χ3n) is 4.83. The Bertz CT molecular complexity index is 631. The number of amides is 2. The van der Waals surface area contributed by atoms with Gasteiger partial charge in [0.2, 0.25) is 23.6 Å². The van der Waals surface area contributed by atoms with E-state index in [-0.39, 0.29) is 23.8 Å².